The van der Waals surface area contributed by atoms with Crippen molar-refractivity contribution in [2.75, 3.05) is 12.3 Å². The second-order valence-corrected chi connectivity index (χ2v) is 5.06. The maximum atomic E-state index is 11.7. The number of hydrogen-bond donors (Lipinski definition) is 2. The number of carbonyl (C=O) groups is 1. The van der Waals surface area contributed by atoms with E-state index in [2.05, 4.69) is 5.32 Å². The Morgan fingerprint density at radius 2 is 2.00 bits per heavy atom. The Morgan fingerprint density at radius 3 is 2.67 bits per heavy atom. The van der Waals surface area contributed by atoms with Gasteiger partial charge >= 0.3 is 0 Å². The van der Waals surface area contributed by atoms with Crippen LogP contribution >= 0.6 is 11.6 Å². The lowest BCUT2D eigenvalue weighted by Gasteiger charge is -2.12. The molecule has 5 heteroatoms. The van der Waals surface area contributed by atoms with E-state index in [0.717, 1.165) is 5.56 Å². The quantitative estimate of drug-likeness (QED) is 0.845. The fourth-order valence-corrected chi connectivity index (χ4v) is 2.01. The molecule has 0 aliphatic heterocycles. The molecule has 2 rings (SSSR count). The van der Waals surface area contributed by atoms with Crippen molar-refractivity contribution in [2.24, 2.45) is 0 Å². The predicted molar refractivity (Wildman–Crippen MR) is 85.1 cm³/mol. The SMILES string of the molecule is CCNC(=O)c1ccc(Oc2cc(Cl)ccc2C)c(N)c1. The molecule has 0 unspecified atom stereocenters. The van der Waals surface area contributed by atoms with E-state index in [0.29, 0.717) is 34.3 Å². The minimum absolute atomic E-state index is 0.158. The van der Waals surface area contributed by atoms with Gasteiger partial charge in [-0.2, -0.15) is 0 Å². The number of ether oxygens (including phenoxy) is 1. The molecule has 0 radical (unpaired) electrons. The lowest BCUT2D eigenvalue weighted by molar-refractivity contribution is 0.0956. The van der Waals surface area contributed by atoms with Crippen molar-refractivity contribution < 1.29 is 9.53 Å². The standard InChI is InChI=1S/C16H17ClN2O2/c1-3-19-16(20)11-5-7-14(13(18)8-11)21-15-9-12(17)6-4-10(15)2/h4-9H,3,18H2,1-2H3,(H,19,20). The summed E-state index contributed by atoms with van der Waals surface area (Å²) in [7, 11) is 0. The molecule has 0 aliphatic rings. The smallest absolute Gasteiger partial charge is 0.251 e. The van der Waals surface area contributed by atoms with Gasteiger partial charge in [-0.1, -0.05) is 17.7 Å². The van der Waals surface area contributed by atoms with E-state index in [1.165, 1.54) is 0 Å². The number of anilines is 1. The van der Waals surface area contributed by atoms with E-state index in [-0.39, 0.29) is 5.91 Å². The first-order valence-corrected chi connectivity index (χ1v) is 7.00. The molecular weight excluding hydrogens is 288 g/mol. The fourth-order valence-electron chi connectivity index (χ4n) is 1.85. The first-order chi connectivity index (χ1) is 10.0. The number of benzene rings is 2. The number of carbonyl (C=O) groups excluding carboxylic acids is 1. The zero-order valence-electron chi connectivity index (χ0n) is 11.9. The summed E-state index contributed by atoms with van der Waals surface area (Å²) >= 11 is 5.96. The summed E-state index contributed by atoms with van der Waals surface area (Å²) in [5, 5.41) is 3.31. The van der Waals surface area contributed by atoms with Gasteiger partial charge in [-0.05, 0) is 49.7 Å². The summed E-state index contributed by atoms with van der Waals surface area (Å²) in [6.07, 6.45) is 0. The molecule has 0 spiro atoms. The van der Waals surface area contributed by atoms with Gasteiger partial charge in [0.15, 0.2) is 0 Å². The van der Waals surface area contributed by atoms with Crippen molar-refractivity contribution in [1.29, 1.82) is 0 Å². The Labute approximate surface area is 128 Å². The Balaban J connectivity index is 2.25. The van der Waals surface area contributed by atoms with Gasteiger partial charge in [-0.25, -0.2) is 0 Å². The fraction of sp³-hybridized carbons (Fsp3) is 0.188. The van der Waals surface area contributed by atoms with Crippen molar-refractivity contribution >= 4 is 23.2 Å². The van der Waals surface area contributed by atoms with Crippen molar-refractivity contribution in [2.45, 2.75) is 13.8 Å². The van der Waals surface area contributed by atoms with Gasteiger partial charge in [0.2, 0.25) is 0 Å². The van der Waals surface area contributed by atoms with Crippen LogP contribution in [0.15, 0.2) is 36.4 Å². The molecule has 2 aromatic carbocycles. The van der Waals surface area contributed by atoms with Crippen LogP contribution in [0.4, 0.5) is 5.69 Å². The average Bonchev–Trinajstić information content (AvgIpc) is 2.45. The van der Waals surface area contributed by atoms with Crippen LogP contribution in [0.2, 0.25) is 5.02 Å². The third-order valence-corrected chi connectivity index (χ3v) is 3.21. The number of halogens is 1. The van der Waals surface area contributed by atoms with E-state index >= 15 is 0 Å². The summed E-state index contributed by atoms with van der Waals surface area (Å²) < 4.78 is 5.77. The number of aryl methyl sites for hydroxylation is 1. The summed E-state index contributed by atoms with van der Waals surface area (Å²) in [6, 6.07) is 10.4. The lowest BCUT2D eigenvalue weighted by Crippen LogP contribution is -2.22. The van der Waals surface area contributed by atoms with Gasteiger partial charge in [-0.15, -0.1) is 0 Å². The van der Waals surface area contributed by atoms with Crippen LogP contribution in [-0.4, -0.2) is 12.5 Å². The van der Waals surface area contributed by atoms with Crippen molar-refractivity contribution in [3.8, 4) is 11.5 Å². The number of hydrogen-bond acceptors (Lipinski definition) is 3. The molecule has 0 atom stereocenters. The predicted octanol–water partition coefficient (Wildman–Crippen LogP) is 3.77. The van der Waals surface area contributed by atoms with Crippen LogP contribution in [-0.2, 0) is 0 Å². The maximum Gasteiger partial charge on any atom is 0.251 e. The van der Waals surface area contributed by atoms with E-state index in [9.17, 15) is 4.79 Å². The van der Waals surface area contributed by atoms with Crippen molar-refractivity contribution in [1.82, 2.24) is 5.32 Å². The topological polar surface area (TPSA) is 64.3 Å². The zero-order chi connectivity index (χ0) is 15.4. The van der Waals surface area contributed by atoms with Crippen LogP contribution in [0.25, 0.3) is 0 Å². The Bertz CT molecular complexity index is 671. The van der Waals surface area contributed by atoms with E-state index in [4.69, 9.17) is 22.1 Å². The van der Waals surface area contributed by atoms with Crippen molar-refractivity contribution in [3.63, 3.8) is 0 Å². The van der Waals surface area contributed by atoms with Gasteiger partial charge in [0.1, 0.15) is 11.5 Å². The summed E-state index contributed by atoms with van der Waals surface area (Å²) in [5.41, 5.74) is 7.81. The summed E-state index contributed by atoms with van der Waals surface area (Å²) in [4.78, 5) is 11.7. The molecule has 4 nitrogen and oxygen atoms in total. The normalized spacial score (nSPS) is 10.2. The molecule has 0 heterocycles. The molecule has 1 amide bonds. The lowest BCUT2D eigenvalue weighted by atomic mass is 10.1. The van der Waals surface area contributed by atoms with Gasteiger partial charge in [-0.3, -0.25) is 4.79 Å². The van der Waals surface area contributed by atoms with Crippen LogP contribution in [0.5, 0.6) is 11.5 Å². The van der Waals surface area contributed by atoms with Gasteiger partial charge < -0.3 is 15.8 Å². The Kier molecular flexibility index (Phi) is 4.70. The maximum absolute atomic E-state index is 11.7. The second-order valence-electron chi connectivity index (χ2n) is 4.62. The summed E-state index contributed by atoms with van der Waals surface area (Å²) in [5.74, 6) is 0.975. The number of rotatable bonds is 4. The van der Waals surface area contributed by atoms with Gasteiger partial charge in [0, 0.05) is 17.1 Å². The third kappa shape index (κ3) is 3.67. The molecule has 21 heavy (non-hydrogen) atoms. The van der Waals surface area contributed by atoms with Crippen LogP contribution in [0.3, 0.4) is 0 Å². The highest BCUT2D eigenvalue weighted by atomic mass is 35.5. The van der Waals surface area contributed by atoms with E-state index in [1.54, 1.807) is 30.3 Å². The number of nitrogens with two attached hydrogens (primary N) is 1. The first kappa shape index (κ1) is 15.2. The molecule has 110 valence electrons. The number of amides is 1. The molecular formula is C16H17ClN2O2. The van der Waals surface area contributed by atoms with Gasteiger partial charge in [0.25, 0.3) is 5.91 Å². The molecule has 0 fully saturated rings. The highest BCUT2D eigenvalue weighted by molar-refractivity contribution is 6.30. The number of nitrogen functional groups attached to an aromatic ring is 1. The minimum Gasteiger partial charge on any atom is -0.455 e. The monoisotopic (exact) mass is 304 g/mol. The third-order valence-electron chi connectivity index (χ3n) is 2.98. The Hall–Kier alpha value is -2.20. The largest absolute Gasteiger partial charge is 0.455 e. The molecule has 3 N–H and O–H groups in total. The van der Waals surface area contributed by atoms with Crippen LogP contribution < -0.4 is 15.8 Å². The van der Waals surface area contributed by atoms with Gasteiger partial charge in [0.05, 0.1) is 5.69 Å². The van der Waals surface area contributed by atoms with Crippen molar-refractivity contribution in [3.05, 3.63) is 52.5 Å². The second kappa shape index (κ2) is 6.50. The first-order valence-electron chi connectivity index (χ1n) is 6.63. The molecule has 0 aliphatic carbocycles. The highest BCUT2D eigenvalue weighted by Crippen LogP contribution is 2.31. The molecule has 0 aromatic heterocycles. The van der Waals surface area contributed by atoms with E-state index in [1.807, 2.05) is 19.9 Å². The molecule has 0 saturated heterocycles. The molecule has 2 aromatic rings. The summed E-state index contributed by atoms with van der Waals surface area (Å²) in [6.45, 7) is 4.35. The van der Waals surface area contributed by atoms with Crippen LogP contribution in [0, 0.1) is 6.92 Å². The molecule has 0 saturated carbocycles. The minimum atomic E-state index is -0.158. The van der Waals surface area contributed by atoms with E-state index < -0.39 is 0 Å². The molecule has 0 bridgehead atoms. The Morgan fingerprint density at radius 1 is 1.24 bits per heavy atom. The van der Waals surface area contributed by atoms with Crippen LogP contribution in [0.1, 0.15) is 22.8 Å². The number of nitrogens with one attached hydrogen (secondary N) is 1. The average molecular weight is 305 g/mol. The highest BCUT2D eigenvalue weighted by Gasteiger charge is 2.10. The zero-order valence-corrected chi connectivity index (χ0v) is 12.7.